The highest BCUT2D eigenvalue weighted by molar-refractivity contribution is 7.88. The fraction of sp³-hybridized carbons (Fsp3) is 0.417. The molecule has 1 saturated heterocycles. The van der Waals surface area contributed by atoms with Crippen LogP contribution in [0.1, 0.15) is 28.8 Å². The van der Waals surface area contributed by atoms with Crippen LogP contribution in [0.15, 0.2) is 48.5 Å². The highest BCUT2D eigenvalue weighted by Crippen LogP contribution is 2.16. The van der Waals surface area contributed by atoms with Gasteiger partial charge in [0.15, 0.2) is 0 Å². The van der Waals surface area contributed by atoms with Crippen LogP contribution in [0.3, 0.4) is 0 Å². The van der Waals surface area contributed by atoms with Gasteiger partial charge in [0, 0.05) is 25.7 Å². The number of sulfonamides is 1. The van der Waals surface area contributed by atoms with Gasteiger partial charge < -0.3 is 15.4 Å². The number of methoxy groups -OCH3 is 1. The number of hydrogen-bond acceptors (Lipinski definition) is 6. The number of ether oxygens (including phenoxy) is 1. The number of anilines is 1. The van der Waals surface area contributed by atoms with Crippen molar-refractivity contribution >= 4 is 27.5 Å². The van der Waals surface area contributed by atoms with Crippen LogP contribution in [-0.2, 0) is 21.2 Å². The van der Waals surface area contributed by atoms with Crippen LogP contribution in [0.5, 0.6) is 5.75 Å². The molecule has 0 atom stereocenters. The number of rotatable bonds is 10. The molecule has 0 aromatic heterocycles. The summed E-state index contributed by atoms with van der Waals surface area (Å²) in [6.45, 7) is 1.88. The summed E-state index contributed by atoms with van der Waals surface area (Å²) in [6.07, 6.45) is 3.12. The highest BCUT2D eigenvalue weighted by Gasteiger charge is 2.23. The van der Waals surface area contributed by atoms with E-state index in [1.165, 1.54) is 0 Å². The Labute approximate surface area is 200 Å². The van der Waals surface area contributed by atoms with Gasteiger partial charge in [0.1, 0.15) is 5.75 Å². The molecule has 184 valence electrons. The van der Waals surface area contributed by atoms with Crippen LogP contribution in [0.4, 0.5) is 5.69 Å². The van der Waals surface area contributed by atoms with Crippen LogP contribution in [0.2, 0.25) is 0 Å². The molecule has 34 heavy (non-hydrogen) atoms. The SMILES string of the molecule is COc1ccc(CCNC(=O)c2ccccc2NC(=O)CN2CCC(NS(C)(=O)=O)CC2)cc1. The zero-order valence-electron chi connectivity index (χ0n) is 19.5. The zero-order chi connectivity index (χ0) is 24.6. The lowest BCUT2D eigenvalue weighted by atomic mass is 10.1. The normalized spacial score (nSPS) is 15.0. The number of para-hydroxylation sites is 1. The van der Waals surface area contributed by atoms with E-state index < -0.39 is 10.0 Å². The van der Waals surface area contributed by atoms with E-state index in [1.54, 1.807) is 31.4 Å². The van der Waals surface area contributed by atoms with Gasteiger partial charge in [0.05, 0.1) is 31.2 Å². The van der Waals surface area contributed by atoms with Gasteiger partial charge in [0.2, 0.25) is 15.9 Å². The minimum absolute atomic E-state index is 0.100. The van der Waals surface area contributed by atoms with Crippen LogP contribution < -0.4 is 20.1 Å². The highest BCUT2D eigenvalue weighted by atomic mass is 32.2. The summed E-state index contributed by atoms with van der Waals surface area (Å²) < 4.78 is 30.5. The Morgan fingerprint density at radius 1 is 1.06 bits per heavy atom. The smallest absolute Gasteiger partial charge is 0.253 e. The second-order valence-corrected chi connectivity index (χ2v) is 10.2. The van der Waals surface area contributed by atoms with Gasteiger partial charge in [-0.05, 0) is 49.1 Å². The summed E-state index contributed by atoms with van der Waals surface area (Å²) in [6, 6.07) is 14.5. The molecule has 0 spiro atoms. The third kappa shape index (κ3) is 8.12. The first-order valence-electron chi connectivity index (χ1n) is 11.2. The Bertz CT molecular complexity index is 1080. The van der Waals surface area contributed by atoms with Gasteiger partial charge in [-0.1, -0.05) is 24.3 Å². The predicted molar refractivity (Wildman–Crippen MR) is 132 cm³/mol. The minimum atomic E-state index is -3.23. The molecule has 3 N–H and O–H groups in total. The first-order valence-corrected chi connectivity index (χ1v) is 13.1. The first kappa shape index (κ1) is 25.7. The van der Waals surface area contributed by atoms with E-state index in [9.17, 15) is 18.0 Å². The average molecular weight is 489 g/mol. The summed E-state index contributed by atoms with van der Waals surface area (Å²) in [5.74, 6) is 0.317. The van der Waals surface area contributed by atoms with Crippen molar-refractivity contribution in [2.24, 2.45) is 0 Å². The van der Waals surface area contributed by atoms with E-state index in [-0.39, 0.29) is 24.4 Å². The lowest BCUT2D eigenvalue weighted by Gasteiger charge is -2.31. The van der Waals surface area contributed by atoms with Gasteiger partial charge in [0.25, 0.3) is 5.91 Å². The molecule has 0 radical (unpaired) electrons. The van der Waals surface area contributed by atoms with Crippen molar-refractivity contribution in [3.8, 4) is 5.75 Å². The summed E-state index contributed by atoms with van der Waals surface area (Å²) in [4.78, 5) is 27.3. The Hall–Kier alpha value is -2.95. The van der Waals surface area contributed by atoms with Crippen molar-refractivity contribution in [1.82, 2.24) is 14.9 Å². The minimum Gasteiger partial charge on any atom is -0.497 e. The molecule has 1 aliphatic heterocycles. The molecule has 2 aromatic carbocycles. The van der Waals surface area contributed by atoms with E-state index in [0.29, 0.717) is 50.1 Å². The molecule has 0 bridgehead atoms. The monoisotopic (exact) mass is 488 g/mol. The Morgan fingerprint density at radius 3 is 2.38 bits per heavy atom. The predicted octanol–water partition coefficient (Wildman–Crippen LogP) is 1.62. The zero-order valence-corrected chi connectivity index (χ0v) is 20.4. The van der Waals surface area contributed by atoms with Gasteiger partial charge >= 0.3 is 0 Å². The van der Waals surface area contributed by atoms with Crippen molar-refractivity contribution < 1.29 is 22.7 Å². The van der Waals surface area contributed by atoms with E-state index in [2.05, 4.69) is 15.4 Å². The summed E-state index contributed by atoms with van der Waals surface area (Å²) >= 11 is 0. The maximum Gasteiger partial charge on any atom is 0.253 e. The number of carbonyl (C=O) groups is 2. The number of hydrogen-bond donors (Lipinski definition) is 3. The maximum atomic E-state index is 12.7. The van der Waals surface area contributed by atoms with Crippen LogP contribution in [0.25, 0.3) is 0 Å². The molecule has 2 aromatic rings. The molecule has 9 nitrogen and oxygen atoms in total. The first-order chi connectivity index (χ1) is 16.2. The third-order valence-corrected chi connectivity index (χ3v) is 6.40. The molecule has 10 heteroatoms. The van der Waals surface area contributed by atoms with Crippen molar-refractivity contribution in [2.75, 3.05) is 44.9 Å². The standard InChI is InChI=1S/C24H32N4O5S/c1-33-20-9-7-18(8-10-20)11-14-25-24(30)21-5-3-4-6-22(21)26-23(29)17-28-15-12-19(13-16-28)27-34(2,31)32/h3-10,19,27H,11-17H2,1-2H3,(H,25,30)(H,26,29). The fourth-order valence-electron chi connectivity index (χ4n) is 3.90. The summed E-state index contributed by atoms with van der Waals surface area (Å²) in [5, 5.41) is 5.75. The lowest BCUT2D eigenvalue weighted by molar-refractivity contribution is -0.117. The molecule has 1 fully saturated rings. The Balaban J connectivity index is 1.48. The third-order valence-electron chi connectivity index (χ3n) is 5.64. The Morgan fingerprint density at radius 2 is 1.74 bits per heavy atom. The number of nitrogens with one attached hydrogen (secondary N) is 3. The van der Waals surface area contributed by atoms with Gasteiger partial charge in [-0.15, -0.1) is 0 Å². The van der Waals surface area contributed by atoms with Crippen LogP contribution in [0, 0.1) is 0 Å². The molecule has 2 amide bonds. The van der Waals surface area contributed by atoms with Crippen molar-refractivity contribution in [3.63, 3.8) is 0 Å². The quantitative estimate of drug-likeness (QED) is 0.468. The largest absolute Gasteiger partial charge is 0.497 e. The molecule has 0 aliphatic carbocycles. The van der Waals surface area contributed by atoms with Crippen molar-refractivity contribution in [2.45, 2.75) is 25.3 Å². The van der Waals surface area contributed by atoms with E-state index in [4.69, 9.17) is 4.74 Å². The summed E-state index contributed by atoms with van der Waals surface area (Å²) in [5.41, 5.74) is 1.95. The van der Waals surface area contributed by atoms with Crippen molar-refractivity contribution in [3.05, 3.63) is 59.7 Å². The van der Waals surface area contributed by atoms with Gasteiger partial charge in [-0.3, -0.25) is 14.5 Å². The number of amides is 2. The molecule has 0 unspecified atom stereocenters. The number of nitrogens with zero attached hydrogens (tertiary/aromatic N) is 1. The fourth-order valence-corrected chi connectivity index (χ4v) is 4.74. The lowest BCUT2D eigenvalue weighted by Crippen LogP contribution is -2.46. The van der Waals surface area contributed by atoms with Crippen LogP contribution in [-0.4, -0.2) is 70.7 Å². The number of piperidine rings is 1. The van der Waals surface area contributed by atoms with Crippen molar-refractivity contribution in [1.29, 1.82) is 0 Å². The maximum absolute atomic E-state index is 12.7. The molecule has 1 heterocycles. The molecule has 3 rings (SSSR count). The topological polar surface area (TPSA) is 117 Å². The number of benzene rings is 2. The second kappa shape index (κ2) is 12.0. The molecular weight excluding hydrogens is 456 g/mol. The van der Waals surface area contributed by atoms with E-state index >= 15 is 0 Å². The van der Waals surface area contributed by atoms with E-state index in [0.717, 1.165) is 17.6 Å². The molecule has 0 saturated carbocycles. The van der Waals surface area contributed by atoms with Gasteiger partial charge in [-0.2, -0.15) is 0 Å². The number of likely N-dealkylation sites (tertiary alicyclic amines) is 1. The van der Waals surface area contributed by atoms with E-state index in [1.807, 2.05) is 29.2 Å². The van der Waals surface area contributed by atoms with Gasteiger partial charge in [-0.25, -0.2) is 13.1 Å². The number of carbonyl (C=O) groups excluding carboxylic acids is 2. The average Bonchev–Trinajstić information content (AvgIpc) is 2.80. The summed E-state index contributed by atoms with van der Waals surface area (Å²) in [7, 11) is -1.62. The van der Waals surface area contributed by atoms with Crippen LogP contribution >= 0.6 is 0 Å². The second-order valence-electron chi connectivity index (χ2n) is 8.39. The Kier molecular flexibility index (Phi) is 9.03. The molecule has 1 aliphatic rings. The molecular formula is C24H32N4O5S.